The molecule has 0 radical (unpaired) electrons. The van der Waals surface area contributed by atoms with Gasteiger partial charge in [-0.25, -0.2) is 4.79 Å². The van der Waals surface area contributed by atoms with E-state index in [-0.39, 0.29) is 24.1 Å². The van der Waals surface area contributed by atoms with E-state index in [1.807, 2.05) is 34.6 Å². The van der Waals surface area contributed by atoms with Gasteiger partial charge >= 0.3 is 12.0 Å². The summed E-state index contributed by atoms with van der Waals surface area (Å²) in [4.78, 5) is 22.7. The minimum absolute atomic E-state index is 0.0596. The van der Waals surface area contributed by atoms with E-state index in [9.17, 15) is 9.59 Å². The highest BCUT2D eigenvalue weighted by Crippen LogP contribution is 2.24. The van der Waals surface area contributed by atoms with Crippen molar-refractivity contribution in [3.05, 3.63) is 0 Å². The number of ether oxygens (including phenoxy) is 1. The molecule has 0 rings (SSSR count). The third-order valence-electron chi connectivity index (χ3n) is 2.72. The number of rotatable bonds is 8. The quantitative estimate of drug-likeness (QED) is 0.636. The first kappa shape index (κ1) is 18.7. The predicted molar refractivity (Wildman–Crippen MR) is 77.7 cm³/mol. The maximum Gasteiger partial charge on any atom is 0.314 e. The number of carbonyl (C=O) groups is 2. The molecule has 0 saturated heterocycles. The van der Waals surface area contributed by atoms with Crippen LogP contribution in [0.1, 0.15) is 41.0 Å². The third-order valence-corrected chi connectivity index (χ3v) is 2.72. The van der Waals surface area contributed by atoms with Gasteiger partial charge in [0.2, 0.25) is 0 Å². The molecule has 0 bridgehead atoms. The lowest BCUT2D eigenvalue weighted by molar-refractivity contribution is -0.142. The Bertz CT molecular complexity index is 313. The van der Waals surface area contributed by atoms with Crippen LogP contribution < -0.4 is 10.6 Å². The number of hydrogen-bond donors (Lipinski definition) is 3. The second-order valence-electron chi connectivity index (χ2n) is 6.16. The van der Waals surface area contributed by atoms with Gasteiger partial charge < -0.3 is 20.5 Å². The summed E-state index contributed by atoms with van der Waals surface area (Å²) in [6, 6.07) is -0.364. The van der Waals surface area contributed by atoms with Gasteiger partial charge in [-0.2, -0.15) is 0 Å². The van der Waals surface area contributed by atoms with Crippen LogP contribution in [0.5, 0.6) is 0 Å². The summed E-state index contributed by atoms with van der Waals surface area (Å²) in [7, 11) is 0. The van der Waals surface area contributed by atoms with E-state index < -0.39 is 11.9 Å². The lowest BCUT2D eigenvalue weighted by atomic mass is 9.84. The van der Waals surface area contributed by atoms with E-state index in [2.05, 4.69) is 10.6 Å². The minimum Gasteiger partial charge on any atom is -0.481 e. The summed E-state index contributed by atoms with van der Waals surface area (Å²) in [5.41, 5.74) is -0.0926. The summed E-state index contributed by atoms with van der Waals surface area (Å²) < 4.78 is 5.29. The van der Waals surface area contributed by atoms with E-state index in [4.69, 9.17) is 9.84 Å². The number of urea groups is 1. The molecule has 0 spiro atoms. The first-order valence-corrected chi connectivity index (χ1v) is 7.01. The minimum atomic E-state index is -0.886. The fourth-order valence-corrected chi connectivity index (χ4v) is 1.84. The highest BCUT2D eigenvalue weighted by Gasteiger charge is 2.24. The lowest BCUT2D eigenvalue weighted by Crippen LogP contribution is -2.43. The van der Waals surface area contributed by atoms with E-state index in [1.54, 1.807) is 0 Å². The average Bonchev–Trinajstić information content (AvgIpc) is 2.30. The number of hydrogen-bond acceptors (Lipinski definition) is 3. The van der Waals surface area contributed by atoms with Crippen molar-refractivity contribution in [1.82, 2.24) is 10.6 Å². The van der Waals surface area contributed by atoms with Crippen LogP contribution in [0, 0.1) is 11.3 Å². The van der Waals surface area contributed by atoms with Gasteiger partial charge in [-0.3, -0.25) is 4.79 Å². The van der Waals surface area contributed by atoms with E-state index in [0.717, 1.165) is 0 Å². The molecule has 0 aliphatic rings. The van der Waals surface area contributed by atoms with Crippen molar-refractivity contribution < 1.29 is 19.4 Å². The Kier molecular flexibility index (Phi) is 8.22. The van der Waals surface area contributed by atoms with Gasteiger partial charge in [0, 0.05) is 19.7 Å². The van der Waals surface area contributed by atoms with E-state index in [0.29, 0.717) is 19.6 Å². The smallest absolute Gasteiger partial charge is 0.314 e. The van der Waals surface area contributed by atoms with Gasteiger partial charge in [-0.1, -0.05) is 20.8 Å². The van der Waals surface area contributed by atoms with Crippen LogP contribution in [0.4, 0.5) is 4.79 Å². The number of nitrogens with one attached hydrogen (secondary N) is 2. The maximum atomic E-state index is 11.6. The van der Waals surface area contributed by atoms with E-state index >= 15 is 0 Å². The first-order chi connectivity index (χ1) is 9.15. The molecule has 6 nitrogen and oxygen atoms in total. The maximum absolute atomic E-state index is 11.6. The fourth-order valence-electron chi connectivity index (χ4n) is 1.84. The molecule has 3 N–H and O–H groups in total. The molecule has 0 fully saturated rings. The number of amides is 2. The fraction of sp³-hybridized carbons (Fsp3) is 0.857. The van der Waals surface area contributed by atoms with Crippen LogP contribution in [-0.2, 0) is 9.53 Å². The second-order valence-corrected chi connectivity index (χ2v) is 6.16. The first-order valence-electron chi connectivity index (χ1n) is 7.01. The SMILES string of the molecule is CCOC(C)CNC(=O)NCC(CC(C)(C)C)C(=O)O. The van der Waals surface area contributed by atoms with Crippen molar-refractivity contribution in [2.24, 2.45) is 11.3 Å². The zero-order chi connectivity index (χ0) is 15.8. The molecule has 6 heteroatoms. The molecular weight excluding hydrogens is 260 g/mol. The Hall–Kier alpha value is -1.30. The Morgan fingerprint density at radius 1 is 1.20 bits per heavy atom. The highest BCUT2D eigenvalue weighted by atomic mass is 16.5. The Morgan fingerprint density at radius 3 is 2.20 bits per heavy atom. The van der Waals surface area contributed by atoms with Crippen LogP contribution in [0.25, 0.3) is 0 Å². The molecule has 2 amide bonds. The molecule has 0 aliphatic carbocycles. The van der Waals surface area contributed by atoms with Crippen LogP contribution in [0.2, 0.25) is 0 Å². The molecule has 2 atom stereocenters. The predicted octanol–water partition coefficient (Wildman–Crippen LogP) is 1.85. The van der Waals surface area contributed by atoms with Crippen molar-refractivity contribution in [3.63, 3.8) is 0 Å². The van der Waals surface area contributed by atoms with Gasteiger partial charge in [0.05, 0.1) is 12.0 Å². The molecule has 0 aromatic heterocycles. The van der Waals surface area contributed by atoms with Gasteiger partial charge in [0.25, 0.3) is 0 Å². The Balaban J connectivity index is 4.09. The molecular formula is C14H28N2O4. The molecule has 118 valence electrons. The van der Waals surface area contributed by atoms with Gasteiger partial charge in [0.15, 0.2) is 0 Å². The Labute approximate surface area is 121 Å². The van der Waals surface area contributed by atoms with E-state index in [1.165, 1.54) is 0 Å². The van der Waals surface area contributed by atoms with Gasteiger partial charge in [0.1, 0.15) is 0 Å². The third kappa shape index (κ3) is 9.61. The zero-order valence-electron chi connectivity index (χ0n) is 13.2. The average molecular weight is 288 g/mol. The van der Waals surface area contributed by atoms with Crippen molar-refractivity contribution in [3.8, 4) is 0 Å². The molecule has 0 aliphatic heterocycles. The van der Waals surface area contributed by atoms with Gasteiger partial charge in [-0.15, -0.1) is 0 Å². The lowest BCUT2D eigenvalue weighted by Gasteiger charge is -2.23. The van der Waals surface area contributed by atoms with Gasteiger partial charge in [-0.05, 0) is 25.7 Å². The molecule has 0 heterocycles. The van der Waals surface area contributed by atoms with Crippen LogP contribution in [0.3, 0.4) is 0 Å². The normalized spacial score (nSPS) is 14.4. The zero-order valence-corrected chi connectivity index (χ0v) is 13.2. The number of carboxylic acids is 1. The molecule has 0 saturated carbocycles. The molecule has 0 aromatic carbocycles. The van der Waals surface area contributed by atoms with Crippen LogP contribution in [-0.4, -0.2) is 42.9 Å². The molecule has 0 aromatic rings. The topological polar surface area (TPSA) is 87.7 Å². The monoisotopic (exact) mass is 288 g/mol. The standard InChI is InChI=1S/C14H28N2O4/c1-6-20-10(2)8-15-13(19)16-9-11(12(17)18)7-14(3,4)5/h10-11H,6-9H2,1-5H3,(H,17,18)(H2,15,16,19). The highest BCUT2D eigenvalue weighted by molar-refractivity contribution is 5.75. The van der Waals surface area contributed by atoms with Crippen molar-refractivity contribution in [1.29, 1.82) is 0 Å². The summed E-state index contributed by atoms with van der Waals surface area (Å²) in [5, 5.41) is 14.4. The van der Waals surface area contributed by atoms with Crippen LogP contribution >= 0.6 is 0 Å². The number of carbonyl (C=O) groups excluding carboxylic acids is 1. The summed E-state index contributed by atoms with van der Waals surface area (Å²) in [5.74, 6) is -1.46. The number of aliphatic carboxylic acids is 1. The molecule has 2 unspecified atom stereocenters. The second kappa shape index (κ2) is 8.79. The summed E-state index contributed by atoms with van der Waals surface area (Å²) in [6.45, 7) is 10.8. The van der Waals surface area contributed by atoms with Crippen molar-refractivity contribution >= 4 is 12.0 Å². The summed E-state index contributed by atoms with van der Waals surface area (Å²) >= 11 is 0. The van der Waals surface area contributed by atoms with Crippen LogP contribution in [0.15, 0.2) is 0 Å². The Morgan fingerprint density at radius 2 is 1.75 bits per heavy atom. The van der Waals surface area contributed by atoms with Crippen molar-refractivity contribution in [2.45, 2.75) is 47.1 Å². The molecule has 20 heavy (non-hydrogen) atoms. The largest absolute Gasteiger partial charge is 0.481 e. The number of carboxylic acid groups (broad SMARTS) is 1. The summed E-state index contributed by atoms with van der Waals surface area (Å²) in [6.07, 6.45) is 0.452. The van der Waals surface area contributed by atoms with Crippen molar-refractivity contribution in [2.75, 3.05) is 19.7 Å².